The SMILES string of the molecule is C[C@H]1CC2C[C@@H](S(=O)(=O)c3cc(C(=O)Nc4cc(F)c(F)c(F)c4)ccc3Cl)CC1[C@@]2(O)CNC(=O)[C@@H]1COC(=O)N1. The van der Waals surface area contributed by atoms with E-state index < -0.39 is 73.9 Å². The second-order valence-electron chi connectivity index (χ2n) is 11.0. The number of rotatable bonds is 7. The van der Waals surface area contributed by atoms with Crippen molar-refractivity contribution in [3.63, 3.8) is 0 Å². The van der Waals surface area contributed by atoms with Crippen LogP contribution in [0, 0.1) is 35.2 Å². The molecule has 10 nitrogen and oxygen atoms in total. The number of halogens is 4. The predicted octanol–water partition coefficient (Wildman–Crippen LogP) is 3.17. The second kappa shape index (κ2) is 11.0. The molecule has 3 fully saturated rings. The molecule has 1 aliphatic heterocycles. The second-order valence-corrected chi connectivity index (χ2v) is 13.6. The first-order valence-electron chi connectivity index (χ1n) is 13.1. The number of carbonyl (C=O) groups excluding carboxylic acids is 3. The molecule has 2 unspecified atom stereocenters. The molecular formula is C27H27ClF3N3O7S. The number of sulfone groups is 1. The molecule has 2 aliphatic carbocycles. The normalized spacial score (nSPS) is 28.6. The monoisotopic (exact) mass is 629 g/mol. The van der Waals surface area contributed by atoms with E-state index in [-0.39, 0.29) is 53.1 Å². The molecule has 0 radical (unpaired) electrons. The Kier molecular flexibility index (Phi) is 7.92. The zero-order valence-electron chi connectivity index (χ0n) is 22.1. The lowest BCUT2D eigenvalue weighted by Crippen LogP contribution is -2.57. The summed E-state index contributed by atoms with van der Waals surface area (Å²) in [5.41, 5.74) is -1.92. The molecule has 2 bridgehead atoms. The van der Waals surface area contributed by atoms with Crippen LogP contribution in [0.3, 0.4) is 0 Å². The van der Waals surface area contributed by atoms with E-state index in [0.717, 1.165) is 6.07 Å². The van der Waals surface area contributed by atoms with Crippen LogP contribution in [0.15, 0.2) is 35.2 Å². The van der Waals surface area contributed by atoms with Crippen LogP contribution in [0.4, 0.5) is 23.7 Å². The Labute approximate surface area is 243 Å². The van der Waals surface area contributed by atoms with Gasteiger partial charge >= 0.3 is 6.09 Å². The molecule has 5 rings (SSSR count). The van der Waals surface area contributed by atoms with Crippen LogP contribution >= 0.6 is 11.6 Å². The van der Waals surface area contributed by atoms with Crippen LogP contribution in [0.2, 0.25) is 5.02 Å². The minimum absolute atomic E-state index is 0.0595. The Hall–Kier alpha value is -3.36. The molecule has 0 aromatic heterocycles. The zero-order valence-corrected chi connectivity index (χ0v) is 23.7. The van der Waals surface area contributed by atoms with Crippen LogP contribution < -0.4 is 16.0 Å². The Morgan fingerprint density at radius 1 is 1.14 bits per heavy atom. The highest BCUT2D eigenvalue weighted by Crippen LogP contribution is 2.54. The third-order valence-corrected chi connectivity index (χ3v) is 11.1. The Morgan fingerprint density at radius 2 is 1.83 bits per heavy atom. The van der Waals surface area contributed by atoms with Crippen LogP contribution in [0.25, 0.3) is 0 Å². The van der Waals surface area contributed by atoms with Crippen molar-refractivity contribution in [1.82, 2.24) is 10.6 Å². The minimum atomic E-state index is -4.13. The van der Waals surface area contributed by atoms with E-state index in [1.807, 2.05) is 6.92 Å². The van der Waals surface area contributed by atoms with Crippen molar-refractivity contribution < 1.29 is 45.8 Å². The molecular weight excluding hydrogens is 603 g/mol. The van der Waals surface area contributed by atoms with Crippen molar-refractivity contribution in [3.05, 3.63) is 58.4 Å². The van der Waals surface area contributed by atoms with Crippen LogP contribution in [0.1, 0.15) is 36.5 Å². The van der Waals surface area contributed by atoms with Gasteiger partial charge in [0.25, 0.3) is 5.91 Å². The van der Waals surface area contributed by atoms with Crippen LogP contribution in [-0.2, 0) is 19.4 Å². The van der Waals surface area contributed by atoms with Gasteiger partial charge in [0, 0.05) is 29.9 Å². The van der Waals surface area contributed by atoms with Gasteiger partial charge in [0.1, 0.15) is 12.6 Å². The summed E-state index contributed by atoms with van der Waals surface area (Å²) in [4.78, 5) is 36.2. The summed E-state index contributed by atoms with van der Waals surface area (Å²) in [5, 5.41) is 17.8. The molecule has 6 atom stereocenters. The maximum Gasteiger partial charge on any atom is 0.407 e. The average molecular weight is 630 g/mol. The molecule has 1 saturated heterocycles. The molecule has 2 saturated carbocycles. The lowest BCUT2D eigenvalue weighted by Gasteiger charge is -2.43. The van der Waals surface area contributed by atoms with Gasteiger partial charge in [-0.25, -0.2) is 26.4 Å². The van der Waals surface area contributed by atoms with E-state index in [0.29, 0.717) is 18.6 Å². The molecule has 4 N–H and O–H groups in total. The fraction of sp³-hybridized carbons (Fsp3) is 0.444. The standard InChI is InChI=1S/C27H27ClF3N3O7S/c1-12-4-14-6-16(9-17(12)27(14,38)11-32-25(36)21-10-41-26(37)34-21)42(39,40)22-5-13(2-3-18(22)28)24(35)33-15-7-19(29)23(31)20(30)8-15/h2-3,5,7-8,12,14,16-17,21,38H,4,6,9-11H2,1H3,(H,32,36)(H,33,35)(H,34,37)/t12-,14?,16+,17?,21-,27+/m0/s1. The first-order chi connectivity index (χ1) is 19.7. The summed E-state index contributed by atoms with van der Waals surface area (Å²) in [6.45, 7) is 1.63. The number of aliphatic hydroxyl groups is 1. The van der Waals surface area contributed by atoms with Crippen LogP contribution in [0.5, 0.6) is 0 Å². The number of ether oxygens (including phenoxy) is 1. The summed E-state index contributed by atoms with van der Waals surface area (Å²) < 4.78 is 72.8. The van der Waals surface area contributed by atoms with Gasteiger partial charge in [-0.05, 0) is 55.2 Å². The van der Waals surface area contributed by atoms with Gasteiger partial charge in [-0.15, -0.1) is 0 Å². The summed E-state index contributed by atoms with van der Waals surface area (Å²) in [6, 6.07) is 3.80. The molecule has 42 heavy (non-hydrogen) atoms. The van der Waals surface area contributed by atoms with Gasteiger partial charge < -0.3 is 25.8 Å². The lowest BCUT2D eigenvalue weighted by molar-refractivity contribution is -0.126. The third-order valence-electron chi connectivity index (χ3n) is 8.47. The number of nitrogens with one attached hydrogen (secondary N) is 3. The number of carbonyl (C=O) groups is 3. The van der Waals surface area contributed by atoms with Gasteiger partial charge in [-0.3, -0.25) is 9.59 Å². The molecule has 226 valence electrons. The van der Waals surface area contributed by atoms with E-state index in [4.69, 9.17) is 16.3 Å². The molecule has 2 aromatic rings. The number of fused-ring (bicyclic) bond motifs is 2. The van der Waals surface area contributed by atoms with E-state index in [1.54, 1.807) is 0 Å². The number of benzene rings is 2. The minimum Gasteiger partial charge on any atom is -0.447 e. The van der Waals surface area contributed by atoms with E-state index in [9.17, 15) is 41.1 Å². The van der Waals surface area contributed by atoms with E-state index >= 15 is 0 Å². The van der Waals surface area contributed by atoms with Crippen molar-refractivity contribution in [3.8, 4) is 0 Å². The van der Waals surface area contributed by atoms with Gasteiger partial charge in [0.15, 0.2) is 27.3 Å². The van der Waals surface area contributed by atoms with Crippen LogP contribution in [-0.4, -0.2) is 61.5 Å². The van der Waals surface area contributed by atoms with Crippen molar-refractivity contribution in [1.29, 1.82) is 0 Å². The number of cyclic esters (lactones) is 1. The first kappa shape index (κ1) is 30.1. The summed E-state index contributed by atoms with van der Waals surface area (Å²) in [7, 11) is -4.13. The highest BCUT2D eigenvalue weighted by Gasteiger charge is 2.58. The smallest absolute Gasteiger partial charge is 0.407 e. The number of hydrogen-bond donors (Lipinski definition) is 4. The number of amides is 3. The average Bonchev–Trinajstić information content (AvgIpc) is 3.39. The summed E-state index contributed by atoms with van der Waals surface area (Å²) >= 11 is 6.27. The molecule has 1 heterocycles. The number of anilines is 1. The Balaban J connectivity index is 1.33. The Bertz CT molecular complexity index is 1550. The third kappa shape index (κ3) is 5.42. The topological polar surface area (TPSA) is 151 Å². The molecule has 3 aliphatic rings. The molecule has 0 spiro atoms. The maximum atomic E-state index is 13.8. The van der Waals surface area contributed by atoms with Gasteiger partial charge in [-0.2, -0.15) is 0 Å². The number of alkyl carbamates (subject to hydrolysis) is 1. The van der Waals surface area contributed by atoms with Gasteiger partial charge in [0.05, 0.1) is 20.8 Å². The maximum absolute atomic E-state index is 13.8. The van der Waals surface area contributed by atoms with E-state index in [2.05, 4.69) is 16.0 Å². The van der Waals surface area contributed by atoms with Crippen molar-refractivity contribution in [2.45, 2.75) is 48.0 Å². The van der Waals surface area contributed by atoms with Gasteiger partial charge in [0.2, 0.25) is 5.91 Å². The summed E-state index contributed by atoms with van der Waals surface area (Å²) in [5.74, 6) is -7.17. The molecule has 2 aromatic carbocycles. The highest BCUT2D eigenvalue weighted by atomic mass is 35.5. The largest absolute Gasteiger partial charge is 0.447 e. The summed E-state index contributed by atoms with van der Waals surface area (Å²) in [6.07, 6.45) is -0.0597. The zero-order chi connectivity index (χ0) is 30.6. The fourth-order valence-corrected chi connectivity index (χ4v) is 8.70. The Morgan fingerprint density at radius 3 is 2.45 bits per heavy atom. The van der Waals surface area contributed by atoms with Gasteiger partial charge in [-0.1, -0.05) is 18.5 Å². The first-order valence-corrected chi connectivity index (χ1v) is 15.1. The lowest BCUT2D eigenvalue weighted by atomic mass is 9.73. The quantitative estimate of drug-likeness (QED) is 0.344. The predicted molar refractivity (Wildman–Crippen MR) is 143 cm³/mol. The van der Waals surface area contributed by atoms with Crippen molar-refractivity contribution >= 4 is 45.0 Å². The van der Waals surface area contributed by atoms with E-state index in [1.165, 1.54) is 12.1 Å². The highest BCUT2D eigenvalue weighted by molar-refractivity contribution is 7.92. The molecule has 3 amide bonds. The van der Waals surface area contributed by atoms with Crippen molar-refractivity contribution in [2.75, 3.05) is 18.5 Å². The fourth-order valence-electron chi connectivity index (χ4n) is 6.33. The molecule has 15 heteroatoms. The van der Waals surface area contributed by atoms with Crippen molar-refractivity contribution in [2.24, 2.45) is 17.8 Å². The number of hydrogen-bond acceptors (Lipinski definition) is 7.